The second-order valence-corrected chi connectivity index (χ2v) is 14.2. The number of rotatable bonds is 6. The number of fused-ring (bicyclic) bond motifs is 6. The van der Waals surface area contributed by atoms with Crippen molar-refractivity contribution in [2.75, 3.05) is 0 Å². The molecule has 0 spiro atoms. The fraction of sp³-hybridized carbons (Fsp3) is 0.0196. The number of aliphatic imine (C=N–C) groups is 2. The van der Waals surface area contributed by atoms with E-state index in [2.05, 4.69) is 155 Å². The van der Waals surface area contributed by atoms with E-state index >= 15 is 0 Å². The molecule has 0 fully saturated rings. The fourth-order valence-corrected chi connectivity index (χ4v) is 8.14. The van der Waals surface area contributed by atoms with Crippen LogP contribution in [0.3, 0.4) is 0 Å². The summed E-state index contributed by atoms with van der Waals surface area (Å²) >= 11 is 0. The summed E-state index contributed by atoms with van der Waals surface area (Å²) in [5.41, 5.74) is 12.7. The van der Waals surface area contributed by atoms with E-state index in [0.717, 1.165) is 72.3 Å². The number of nitrogens with one attached hydrogen (secondary N) is 1. The first-order valence-electron chi connectivity index (χ1n) is 18.9. The minimum Gasteiger partial charge on any atom is -0.455 e. The van der Waals surface area contributed by atoms with Gasteiger partial charge < -0.3 is 14.3 Å². The number of amidine groups is 2. The molecule has 5 heteroatoms. The summed E-state index contributed by atoms with van der Waals surface area (Å²) in [6, 6.07) is 68.1. The number of benzene rings is 8. The first-order chi connectivity index (χ1) is 27.7. The lowest BCUT2D eigenvalue weighted by molar-refractivity contribution is 0.670. The van der Waals surface area contributed by atoms with E-state index in [9.17, 15) is 0 Å². The molecular weight excluding hydrogens is 685 g/mol. The van der Waals surface area contributed by atoms with Gasteiger partial charge in [0.25, 0.3) is 0 Å². The highest BCUT2D eigenvalue weighted by Gasteiger charge is 2.22. The van der Waals surface area contributed by atoms with Crippen molar-refractivity contribution in [1.82, 2.24) is 9.88 Å². The molecule has 1 unspecified atom stereocenters. The van der Waals surface area contributed by atoms with Gasteiger partial charge in [0.2, 0.25) is 0 Å². The quantitative estimate of drug-likeness (QED) is 0.186. The van der Waals surface area contributed by atoms with Crippen LogP contribution >= 0.6 is 0 Å². The lowest BCUT2D eigenvalue weighted by Gasteiger charge is -2.23. The Labute approximate surface area is 323 Å². The minimum atomic E-state index is -0.260. The van der Waals surface area contributed by atoms with Crippen LogP contribution in [0.25, 0.3) is 71.7 Å². The van der Waals surface area contributed by atoms with Crippen LogP contribution in [0.5, 0.6) is 0 Å². The highest BCUT2D eigenvalue weighted by atomic mass is 16.3. The zero-order valence-electron chi connectivity index (χ0n) is 30.3. The Bertz CT molecular complexity index is 3140. The molecule has 56 heavy (non-hydrogen) atoms. The molecule has 0 aliphatic carbocycles. The van der Waals surface area contributed by atoms with Gasteiger partial charge >= 0.3 is 0 Å². The van der Waals surface area contributed by atoms with Crippen molar-refractivity contribution in [2.24, 2.45) is 9.98 Å². The second-order valence-electron chi connectivity index (χ2n) is 14.2. The molecule has 5 nitrogen and oxygen atoms in total. The highest BCUT2D eigenvalue weighted by Crippen LogP contribution is 2.40. The molecule has 1 aliphatic heterocycles. The predicted molar refractivity (Wildman–Crippen MR) is 231 cm³/mol. The third kappa shape index (κ3) is 5.40. The predicted octanol–water partition coefficient (Wildman–Crippen LogP) is 12.5. The van der Waals surface area contributed by atoms with Gasteiger partial charge in [0.1, 0.15) is 23.2 Å². The second kappa shape index (κ2) is 13.1. The van der Waals surface area contributed by atoms with E-state index in [0.29, 0.717) is 5.84 Å². The molecule has 0 bridgehead atoms. The van der Waals surface area contributed by atoms with Crippen molar-refractivity contribution in [3.63, 3.8) is 0 Å². The van der Waals surface area contributed by atoms with E-state index < -0.39 is 0 Å². The van der Waals surface area contributed by atoms with Crippen LogP contribution in [-0.2, 0) is 0 Å². The molecular formula is C51H34N4O. The summed E-state index contributed by atoms with van der Waals surface area (Å²) in [7, 11) is 0. The van der Waals surface area contributed by atoms with Gasteiger partial charge in [-0.15, -0.1) is 0 Å². The summed E-state index contributed by atoms with van der Waals surface area (Å²) in [5, 5.41) is 8.20. The van der Waals surface area contributed by atoms with Crippen LogP contribution in [0, 0.1) is 0 Å². The Balaban J connectivity index is 1.07. The van der Waals surface area contributed by atoms with E-state index in [1.807, 2.05) is 48.5 Å². The van der Waals surface area contributed by atoms with Crippen molar-refractivity contribution in [1.29, 1.82) is 0 Å². The third-order valence-electron chi connectivity index (χ3n) is 10.9. The molecule has 3 heterocycles. The Morgan fingerprint density at radius 1 is 0.464 bits per heavy atom. The number of aromatic nitrogens is 1. The van der Waals surface area contributed by atoms with Gasteiger partial charge in [-0.3, -0.25) is 0 Å². The maximum atomic E-state index is 6.50. The van der Waals surface area contributed by atoms with Crippen molar-refractivity contribution >= 4 is 55.4 Å². The molecule has 264 valence electrons. The first-order valence-corrected chi connectivity index (χ1v) is 18.9. The lowest BCUT2D eigenvalue weighted by Crippen LogP contribution is -2.33. The summed E-state index contributed by atoms with van der Waals surface area (Å²) < 4.78 is 8.87. The summed E-state index contributed by atoms with van der Waals surface area (Å²) in [4.78, 5) is 10.2. The molecule has 2 aromatic heterocycles. The normalized spacial score (nSPS) is 14.2. The van der Waals surface area contributed by atoms with E-state index in [1.165, 1.54) is 21.9 Å². The van der Waals surface area contributed by atoms with Crippen LogP contribution in [0.15, 0.2) is 209 Å². The van der Waals surface area contributed by atoms with Crippen molar-refractivity contribution < 1.29 is 4.42 Å². The molecule has 0 saturated heterocycles. The van der Waals surface area contributed by atoms with Gasteiger partial charge in [0.15, 0.2) is 5.84 Å². The molecule has 1 atom stereocenters. The van der Waals surface area contributed by atoms with E-state index in [-0.39, 0.29) is 6.17 Å². The molecule has 8 aromatic carbocycles. The molecule has 1 aliphatic rings. The molecule has 0 saturated carbocycles. The van der Waals surface area contributed by atoms with Crippen molar-refractivity contribution in [2.45, 2.75) is 6.17 Å². The summed E-state index contributed by atoms with van der Waals surface area (Å²) in [5.74, 6) is 1.50. The Hall–Kier alpha value is -7.50. The van der Waals surface area contributed by atoms with Gasteiger partial charge in [0, 0.05) is 43.9 Å². The Kier molecular flexibility index (Phi) is 7.49. The van der Waals surface area contributed by atoms with E-state index in [4.69, 9.17) is 14.4 Å². The maximum Gasteiger partial charge on any atom is 0.159 e. The van der Waals surface area contributed by atoms with Crippen LogP contribution in [0.4, 0.5) is 0 Å². The first kappa shape index (κ1) is 32.0. The monoisotopic (exact) mass is 718 g/mol. The van der Waals surface area contributed by atoms with Gasteiger partial charge in [-0.1, -0.05) is 146 Å². The Morgan fingerprint density at radius 3 is 1.95 bits per heavy atom. The average molecular weight is 719 g/mol. The topological polar surface area (TPSA) is 54.8 Å². The number of hydrogen-bond donors (Lipinski definition) is 1. The molecule has 0 radical (unpaired) electrons. The minimum absolute atomic E-state index is 0.260. The van der Waals surface area contributed by atoms with E-state index in [1.54, 1.807) is 0 Å². The smallest absolute Gasteiger partial charge is 0.159 e. The lowest BCUT2D eigenvalue weighted by atomic mass is 10.00. The van der Waals surface area contributed by atoms with Crippen molar-refractivity contribution in [3.05, 3.63) is 211 Å². The van der Waals surface area contributed by atoms with Gasteiger partial charge in [-0.2, -0.15) is 0 Å². The van der Waals surface area contributed by atoms with Crippen LogP contribution in [-0.4, -0.2) is 16.2 Å². The number of hydrogen-bond acceptors (Lipinski definition) is 4. The van der Waals surface area contributed by atoms with Crippen LogP contribution in [0.1, 0.15) is 22.9 Å². The third-order valence-corrected chi connectivity index (χ3v) is 10.9. The van der Waals surface area contributed by atoms with Crippen LogP contribution < -0.4 is 5.32 Å². The highest BCUT2D eigenvalue weighted by molar-refractivity contribution is 6.15. The number of nitrogens with zero attached hydrogens (tertiary/aromatic N) is 3. The largest absolute Gasteiger partial charge is 0.455 e. The summed E-state index contributed by atoms with van der Waals surface area (Å²) in [6.45, 7) is 0. The van der Waals surface area contributed by atoms with Crippen LogP contribution in [0.2, 0.25) is 0 Å². The Morgan fingerprint density at radius 2 is 1.14 bits per heavy atom. The molecule has 0 amide bonds. The van der Waals surface area contributed by atoms with Gasteiger partial charge in [0.05, 0.1) is 11.0 Å². The molecule has 10 aromatic rings. The zero-order valence-corrected chi connectivity index (χ0v) is 30.3. The number of furan rings is 1. The van der Waals surface area contributed by atoms with Gasteiger partial charge in [-0.05, 0) is 70.8 Å². The fourth-order valence-electron chi connectivity index (χ4n) is 8.14. The SMILES string of the molecule is c1ccc(C2=NC(c3ccc(-n4c5ccc(-c6ccccc6)cc5c5ccc(-c6cccc7c6oc6ccccc67)cc54)cc3)=NC(c3ccccc3)N2)cc1. The summed E-state index contributed by atoms with van der Waals surface area (Å²) in [6.07, 6.45) is -0.260. The van der Waals surface area contributed by atoms with Crippen molar-refractivity contribution in [3.8, 4) is 27.9 Å². The zero-order chi connectivity index (χ0) is 37.0. The maximum absolute atomic E-state index is 6.50. The number of para-hydroxylation sites is 2. The molecule has 1 N–H and O–H groups in total. The standard InChI is InChI=1S/C51H34N4O/c1-4-13-33(14-5-1)37-26-30-45-44(31-37)41-29-25-38(40-20-12-21-43-42-19-10-11-22-47(42)56-48(40)43)32-46(41)55(45)39-27-23-36(24-28-39)51-53-49(34-15-6-2-7-16-34)52-50(54-51)35-17-8-3-9-18-35/h1-32,49H,(H,52,53,54). The average Bonchev–Trinajstić information content (AvgIpc) is 3.82. The molecule has 11 rings (SSSR count). The van der Waals surface area contributed by atoms with Gasteiger partial charge in [-0.25, -0.2) is 9.98 Å².